The fraction of sp³-hybridized carbons (Fsp3) is 0.350. The molecule has 140 valence electrons. The van der Waals surface area contributed by atoms with Crippen LogP contribution in [0.4, 0.5) is 5.69 Å². The maximum absolute atomic E-state index is 12.7. The van der Waals surface area contributed by atoms with E-state index in [1.807, 2.05) is 19.1 Å². The standard InChI is InChI=1S/C20H26N2O3S/c1-6-16-10-12-17(13-11-16)15(3)21-20(23)18-8-7-9-19(14(18)2)22(4)26(5,24)25/h7-13,15H,6H2,1-5H3,(H,21,23)/t15-/m0/s1. The van der Waals surface area contributed by atoms with Crippen LogP contribution in [0.5, 0.6) is 0 Å². The Hall–Kier alpha value is -2.34. The Kier molecular flexibility index (Phi) is 6.08. The van der Waals surface area contributed by atoms with Crippen LogP contribution in [-0.2, 0) is 16.4 Å². The fourth-order valence-corrected chi connectivity index (χ4v) is 3.34. The van der Waals surface area contributed by atoms with Gasteiger partial charge in [-0.2, -0.15) is 0 Å². The zero-order chi connectivity index (χ0) is 19.5. The first-order valence-corrected chi connectivity index (χ1v) is 10.4. The van der Waals surface area contributed by atoms with E-state index < -0.39 is 10.0 Å². The van der Waals surface area contributed by atoms with Crippen molar-refractivity contribution in [3.8, 4) is 0 Å². The Bertz CT molecular complexity index is 890. The summed E-state index contributed by atoms with van der Waals surface area (Å²) in [5.74, 6) is -0.224. The van der Waals surface area contributed by atoms with Gasteiger partial charge in [0.2, 0.25) is 10.0 Å². The zero-order valence-corrected chi connectivity index (χ0v) is 16.7. The van der Waals surface area contributed by atoms with Gasteiger partial charge < -0.3 is 5.32 Å². The number of nitrogens with zero attached hydrogens (tertiary/aromatic N) is 1. The molecule has 0 saturated heterocycles. The van der Waals surface area contributed by atoms with E-state index in [1.54, 1.807) is 25.1 Å². The van der Waals surface area contributed by atoms with Gasteiger partial charge in [-0.05, 0) is 49.1 Å². The van der Waals surface area contributed by atoms with Crippen LogP contribution < -0.4 is 9.62 Å². The number of aryl methyl sites for hydroxylation is 1. The Labute approximate surface area is 156 Å². The maximum Gasteiger partial charge on any atom is 0.252 e. The monoisotopic (exact) mass is 374 g/mol. The summed E-state index contributed by atoms with van der Waals surface area (Å²) in [5, 5.41) is 2.99. The second-order valence-corrected chi connectivity index (χ2v) is 8.48. The summed E-state index contributed by atoms with van der Waals surface area (Å²) < 4.78 is 24.8. The molecule has 2 rings (SSSR count). The molecule has 1 amide bonds. The van der Waals surface area contributed by atoms with Gasteiger partial charge in [0.25, 0.3) is 5.91 Å². The van der Waals surface area contributed by atoms with Gasteiger partial charge in [-0.15, -0.1) is 0 Å². The number of sulfonamides is 1. The molecule has 0 aliphatic rings. The van der Waals surface area contributed by atoms with Crippen LogP contribution in [0.2, 0.25) is 0 Å². The molecule has 0 bridgehead atoms. The summed E-state index contributed by atoms with van der Waals surface area (Å²) in [6, 6.07) is 13.1. The topological polar surface area (TPSA) is 66.5 Å². The summed E-state index contributed by atoms with van der Waals surface area (Å²) in [7, 11) is -1.91. The van der Waals surface area contributed by atoms with E-state index in [4.69, 9.17) is 0 Å². The van der Waals surface area contributed by atoms with E-state index in [1.165, 1.54) is 16.9 Å². The molecule has 1 N–H and O–H groups in total. The van der Waals surface area contributed by atoms with Crippen molar-refractivity contribution in [1.29, 1.82) is 0 Å². The molecule has 26 heavy (non-hydrogen) atoms. The van der Waals surface area contributed by atoms with Crippen molar-refractivity contribution in [3.63, 3.8) is 0 Å². The minimum Gasteiger partial charge on any atom is -0.346 e. The average Bonchev–Trinajstić information content (AvgIpc) is 2.60. The molecule has 0 saturated carbocycles. The summed E-state index contributed by atoms with van der Waals surface area (Å²) >= 11 is 0. The molecule has 0 unspecified atom stereocenters. The van der Waals surface area contributed by atoms with E-state index in [0.29, 0.717) is 16.8 Å². The van der Waals surface area contributed by atoms with Crippen molar-refractivity contribution in [1.82, 2.24) is 5.32 Å². The number of hydrogen-bond acceptors (Lipinski definition) is 3. The number of hydrogen-bond donors (Lipinski definition) is 1. The van der Waals surface area contributed by atoms with E-state index >= 15 is 0 Å². The molecule has 0 fully saturated rings. The highest BCUT2D eigenvalue weighted by atomic mass is 32.2. The molecule has 0 aromatic heterocycles. The van der Waals surface area contributed by atoms with Gasteiger partial charge in [0, 0.05) is 12.6 Å². The fourth-order valence-electron chi connectivity index (χ4n) is 2.79. The molecular formula is C20H26N2O3S. The molecule has 0 heterocycles. The van der Waals surface area contributed by atoms with Crippen molar-refractivity contribution < 1.29 is 13.2 Å². The molecule has 0 aliphatic carbocycles. The molecule has 0 aliphatic heterocycles. The number of rotatable bonds is 6. The lowest BCUT2D eigenvalue weighted by atomic mass is 10.0. The van der Waals surface area contributed by atoms with Gasteiger partial charge in [-0.3, -0.25) is 9.10 Å². The zero-order valence-electron chi connectivity index (χ0n) is 15.9. The van der Waals surface area contributed by atoms with Gasteiger partial charge in [-0.25, -0.2) is 8.42 Å². The summed E-state index contributed by atoms with van der Waals surface area (Å²) in [6.45, 7) is 5.79. The summed E-state index contributed by atoms with van der Waals surface area (Å²) in [6.07, 6.45) is 2.11. The van der Waals surface area contributed by atoms with E-state index in [0.717, 1.165) is 18.2 Å². The van der Waals surface area contributed by atoms with Crippen LogP contribution in [-0.4, -0.2) is 27.6 Å². The van der Waals surface area contributed by atoms with Crippen LogP contribution in [0, 0.1) is 6.92 Å². The van der Waals surface area contributed by atoms with Crippen LogP contribution in [0.15, 0.2) is 42.5 Å². The van der Waals surface area contributed by atoms with Gasteiger partial charge in [0.15, 0.2) is 0 Å². The number of nitrogens with one attached hydrogen (secondary N) is 1. The Balaban J connectivity index is 2.24. The van der Waals surface area contributed by atoms with Gasteiger partial charge >= 0.3 is 0 Å². The van der Waals surface area contributed by atoms with Gasteiger partial charge in [0.1, 0.15) is 0 Å². The SMILES string of the molecule is CCc1ccc([C@H](C)NC(=O)c2cccc(N(C)S(C)(=O)=O)c2C)cc1. The largest absolute Gasteiger partial charge is 0.346 e. The van der Waals surface area contributed by atoms with Crippen molar-refractivity contribution in [3.05, 3.63) is 64.7 Å². The molecule has 0 spiro atoms. The number of amides is 1. The van der Waals surface area contributed by atoms with E-state index in [2.05, 4.69) is 24.4 Å². The van der Waals surface area contributed by atoms with Crippen molar-refractivity contribution in [2.45, 2.75) is 33.2 Å². The third-order valence-corrected chi connectivity index (χ3v) is 5.81. The highest BCUT2D eigenvalue weighted by molar-refractivity contribution is 7.92. The Morgan fingerprint density at radius 2 is 1.77 bits per heavy atom. The third kappa shape index (κ3) is 4.43. The second kappa shape index (κ2) is 7.91. The van der Waals surface area contributed by atoms with Crippen molar-refractivity contribution >= 4 is 21.6 Å². The highest BCUT2D eigenvalue weighted by Gasteiger charge is 2.19. The Morgan fingerprint density at radius 3 is 2.31 bits per heavy atom. The first-order chi connectivity index (χ1) is 12.1. The van der Waals surface area contributed by atoms with Crippen molar-refractivity contribution in [2.24, 2.45) is 0 Å². The minimum absolute atomic E-state index is 0.149. The lowest BCUT2D eigenvalue weighted by Gasteiger charge is -2.21. The Morgan fingerprint density at radius 1 is 1.15 bits per heavy atom. The number of anilines is 1. The number of benzene rings is 2. The number of carbonyl (C=O) groups is 1. The van der Waals surface area contributed by atoms with Crippen LogP contribution in [0.25, 0.3) is 0 Å². The first-order valence-electron chi connectivity index (χ1n) is 8.58. The molecule has 5 nitrogen and oxygen atoms in total. The summed E-state index contributed by atoms with van der Waals surface area (Å²) in [5.41, 5.74) is 3.87. The highest BCUT2D eigenvalue weighted by Crippen LogP contribution is 2.24. The quantitative estimate of drug-likeness (QED) is 0.842. The first kappa shape index (κ1) is 20.0. The molecule has 2 aromatic carbocycles. The minimum atomic E-state index is -3.39. The van der Waals surface area contributed by atoms with Crippen molar-refractivity contribution in [2.75, 3.05) is 17.6 Å². The molecule has 6 heteroatoms. The van der Waals surface area contributed by atoms with Gasteiger partial charge in [-0.1, -0.05) is 37.3 Å². The lowest BCUT2D eigenvalue weighted by Crippen LogP contribution is -2.29. The second-order valence-electron chi connectivity index (χ2n) is 6.47. The van der Waals surface area contributed by atoms with Crippen LogP contribution >= 0.6 is 0 Å². The molecule has 0 radical (unpaired) electrons. The number of carbonyl (C=O) groups excluding carboxylic acids is 1. The predicted octanol–water partition coefficient (Wildman–Crippen LogP) is 3.44. The van der Waals surface area contributed by atoms with Crippen LogP contribution in [0.1, 0.15) is 46.9 Å². The lowest BCUT2D eigenvalue weighted by molar-refractivity contribution is 0.0939. The summed E-state index contributed by atoms with van der Waals surface area (Å²) in [4.78, 5) is 12.7. The van der Waals surface area contributed by atoms with Gasteiger partial charge in [0.05, 0.1) is 18.0 Å². The maximum atomic E-state index is 12.7. The third-order valence-electron chi connectivity index (χ3n) is 4.62. The predicted molar refractivity (Wildman–Crippen MR) is 106 cm³/mol. The van der Waals surface area contributed by atoms with E-state index in [-0.39, 0.29) is 11.9 Å². The normalized spacial score (nSPS) is 12.5. The molecular weight excluding hydrogens is 348 g/mol. The smallest absolute Gasteiger partial charge is 0.252 e. The van der Waals surface area contributed by atoms with E-state index in [9.17, 15) is 13.2 Å². The molecule has 2 aromatic rings. The molecule has 1 atom stereocenters. The van der Waals surface area contributed by atoms with Crippen LogP contribution in [0.3, 0.4) is 0 Å². The average molecular weight is 375 g/mol.